The molecule has 0 bridgehead atoms. The Balaban J connectivity index is 1.17. The van der Waals surface area contributed by atoms with Crippen LogP contribution in [-0.2, 0) is 39.2 Å². The molecule has 0 spiro atoms. The molecule has 4 rings (SSSR count). The number of nitrogens with zero attached hydrogens (tertiary/aromatic N) is 6. The van der Waals surface area contributed by atoms with E-state index in [0.717, 1.165) is 32.9 Å². The van der Waals surface area contributed by atoms with Crippen LogP contribution in [0.25, 0.3) is 0 Å². The van der Waals surface area contributed by atoms with Crippen molar-refractivity contribution in [3.05, 3.63) is 119 Å². The van der Waals surface area contributed by atoms with Gasteiger partial charge in [-0.05, 0) is 114 Å². The number of hydrogen-bond acceptors (Lipinski definition) is 12. The second kappa shape index (κ2) is 22.2. The molecular weight excluding hydrogens is 852 g/mol. The third-order valence-corrected chi connectivity index (χ3v) is 12.7. The highest BCUT2D eigenvalue weighted by atomic mass is 32.4. The molecule has 0 saturated heterocycles. The molecule has 0 radical (unpaired) electrons. The molecule has 22 heteroatoms. The molecule has 0 aliphatic heterocycles. The molecule has 302 valence electrons. The summed E-state index contributed by atoms with van der Waals surface area (Å²) in [5.41, 5.74) is 3.37. The number of hydrogen-bond donors (Lipinski definition) is 4. The van der Waals surface area contributed by atoms with Crippen LogP contribution in [0, 0.1) is 0 Å². The van der Waals surface area contributed by atoms with Crippen molar-refractivity contribution in [3.8, 4) is 23.0 Å². The van der Waals surface area contributed by atoms with Gasteiger partial charge in [-0.3, -0.25) is 28.1 Å². The van der Waals surface area contributed by atoms with Crippen LogP contribution in [-0.4, -0.2) is 99.7 Å². The van der Waals surface area contributed by atoms with Gasteiger partial charge in [-0.15, -0.1) is 10.2 Å². The van der Waals surface area contributed by atoms with E-state index in [9.17, 15) is 28.7 Å². The van der Waals surface area contributed by atoms with E-state index in [2.05, 4.69) is 15.2 Å². The molecule has 4 aromatic rings. The first-order chi connectivity index (χ1) is 27.0. The fraction of sp³-hybridized carbons (Fsp3) is 0.229. The van der Waals surface area contributed by atoms with E-state index >= 15 is 0 Å². The lowest BCUT2D eigenvalue weighted by Gasteiger charge is -2.22. The molecule has 4 aromatic carbocycles. The van der Waals surface area contributed by atoms with E-state index in [4.69, 9.17) is 42.1 Å². The lowest BCUT2D eigenvalue weighted by atomic mass is 10.1. The molecule has 0 saturated carbocycles. The molecule has 0 aliphatic carbocycles. The molecule has 57 heavy (non-hydrogen) atoms. The predicted molar refractivity (Wildman–Crippen MR) is 230 cm³/mol. The van der Waals surface area contributed by atoms with Gasteiger partial charge in [0.2, 0.25) is 23.6 Å². The number of benzene rings is 4. The zero-order chi connectivity index (χ0) is 41.4. The van der Waals surface area contributed by atoms with Crippen molar-refractivity contribution in [1.29, 1.82) is 0 Å². The van der Waals surface area contributed by atoms with Gasteiger partial charge >= 0.3 is 29.3 Å². The third-order valence-electron chi connectivity index (χ3n) is 7.42. The summed E-state index contributed by atoms with van der Waals surface area (Å²) in [5.74, 6) is 2.53. The Morgan fingerprint density at radius 1 is 0.632 bits per heavy atom. The predicted octanol–water partition coefficient (Wildman–Crippen LogP) is 6.50. The van der Waals surface area contributed by atoms with Crippen LogP contribution in [0.4, 0.5) is 0 Å². The van der Waals surface area contributed by atoms with E-state index in [1.807, 2.05) is 60.7 Å². The van der Waals surface area contributed by atoms with Gasteiger partial charge in [-0.25, -0.2) is 0 Å². The van der Waals surface area contributed by atoms with Crippen molar-refractivity contribution in [3.63, 3.8) is 0 Å². The maximum atomic E-state index is 11.4. The first-order valence-corrected chi connectivity index (χ1v) is 24.8. The molecule has 0 amide bonds. The van der Waals surface area contributed by atoms with Gasteiger partial charge in [0, 0.05) is 12.8 Å². The van der Waals surface area contributed by atoms with E-state index in [0.29, 0.717) is 23.7 Å². The molecule has 0 aromatic heterocycles. The van der Waals surface area contributed by atoms with Gasteiger partial charge < -0.3 is 29.0 Å². The van der Waals surface area contributed by atoms with E-state index < -0.39 is 41.9 Å². The fourth-order valence-electron chi connectivity index (χ4n) is 4.60. The van der Waals surface area contributed by atoms with Gasteiger partial charge in [0.15, 0.2) is 18.2 Å². The van der Waals surface area contributed by atoms with Crippen LogP contribution in [0.1, 0.15) is 22.3 Å². The highest BCUT2D eigenvalue weighted by Crippen LogP contribution is 2.41. The SMILES string of the molecule is COc1ccc(/C=N/N(C)[P+](=S)Oc2ccc(C=NCOc3ccc(/C=N/N(C)[P+](=S)Oc4ccc(CCN(CP(=O)(O)O)CP(=O)(O)O)cc4)cc3)cc2)cc1. The summed E-state index contributed by atoms with van der Waals surface area (Å²) in [7, 11) is -6.87. The van der Waals surface area contributed by atoms with Gasteiger partial charge in [0.1, 0.15) is 24.1 Å². The second-order valence-electron chi connectivity index (χ2n) is 12.0. The topological polar surface area (TPSA) is 199 Å². The summed E-state index contributed by atoms with van der Waals surface area (Å²) in [5, 5.41) is 8.78. The molecule has 2 atom stereocenters. The summed E-state index contributed by atoms with van der Waals surface area (Å²) in [4.78, 5) is 42.4. The summed E-state index contributed by atoms with van der Waals surface area (Å²) in [6.45, 7) is 0.156. The molecule has 4 N–H and O–H groups in total. The molecule has 0 heterocycles. The van der Waals surface area contributed by atoms with Crippen LogP contribution in [0.5, 0.6) is 23.0 Å². The van der Waals surface area contributed by atoms with Gasteiger partial charge in [-0.1, -0.05) is 21.7 Å². The van der Waals surface area contributed by atoms with Gasteiger partial charge in [-0.2, -0.15) is 0 Å². The number of aliphatic imine (C=N–C) groups is 1. The van der Waals surface area contributed by atoms with Crippen LogP contribution < -0.4 is 18.5 Å². The highest BCUT2D eigenvalue weighted by Gasteiger charge is 2.26. The minimum absolute atomic E-state index is 0.0382. The van der Waals surface area contributed by atoms with Crippen LogP contribution in [0.15, 0.2) is 112 Å². The van der Waals surface area contributed by atoms with E-state index in [1.54, 1.807) is 81.0 Å². The normalized spacial score (nSPS) is 12.6. The monoisotopic (exact) mass is 894 g/mol. The van der Waals surface area contributed by atoms with Crippen molar-refractivity contribution in [2.75, 3.05) is 47.1 Å². The summed E-state index contributed by atoms with van der Waals surface area (Å²) in [6.07, 6.45) is 3.86. The first kappa shape index (κ1) is 45.7. The molecule has 0 fully saturated rings. The largest absolute Gasteiger partial charge is 0.540 e. The van der Waals surface area contributed by atoms with Crippen molar-refractivity contribution in [1.82, 2.24) is 14.5 Å². The first-order valence-electron chi connectivity index (χ1n) is 16.8. The van der Waals surface area contributed by atoms with Crippen LogP contribution in [0.3, 0.4) is 0 Å². The number of hydrazone groups is 2. The average Bonchev–Trinajstić information content (AvgIpc) is 3.17. The van der Waals surface area contributed by atoms with Crippen molar-refractivity contribution >= 4 is 71.6 Å². The zero-order valence-electron chi connectivity index (χ0n) is 31.0. The number of ether oxygens (including phenoxy) is 2. The maximum absolute atomic E-state index is 11.4. The van der Waals surface area contributed by atoms with Crippen molar-refractivity contribution in [2.24, 2.45) is 15.2 Å². The Hall–Kier alpha value is -4.01. The standard InChI is InChI=1S/C35H40N6O10P4S2/c1-39(37-23-30-6-12-32(48-3)13-7-30)53(57)51-35-18-10-29(11-19-35)22-36-25-49-33-14-8-31(9-15-33)24-38-40(2)52(56)50-34-16-4-28(5-17-34)20-21-41(26-54(42,43)44)27-55(45,46)47/h4-19,22-24H,20-21,25-27H2,1-3H3,(H2-2,42,43,44,45,46,47)/p+2/b36-22?,37-23+,38-24+. The van der Waals surface area contributed by atoms with Crippen LogP contribution >= 0.6 is 29.3 Å². The summed E-state index contributed by atoms with van der Waals surface area (Å²) < 4.78 is 48.6. The molecular formula is C35H42N6O10P4S2+2. The number of rotatable bonds is 22. The Kier molecular flexibility index (Phi) is 17.8. The summed E-state index contributed by atoms with van der Waals surface area (Å²) >= 11 is 11.0. The lowest BCUT2D eigenvalue weighted by molar-refractivity contribution is 0.279. The lowest BCUT2D eigenvalue weighted by Crippen LogP contribution is -2.28. The van der Waals surface area contributed by atoms with Crippen molar-refractivity contribution in [2.45, 2.75) is 6.42 Å². The Bertz CT molecular complexity index is 2100. The smallest absolute Gasteiger partial charge is 0.497 e. The Labute approximate surface area is 342 Å². The van der Waals surface area contributed by atoms with E-state index in [-0.39, 0.29) is 13.3 Å². The zero-order valence-corrected chi connectivity index (χ0v) is 36.2. The second-order valence-corrected chi connectivity index (χ2v) is 19.6. The molecule has 16 nitrogen and oxygen atoms in total. The average molecular weight is 895 g/mol. The number of methoxy groups -OCH3 is 1. The van der Waals surface area contributed by atoms with E-state index in [1.165, 1.54) is 4.78 Å². The minimum atomic E-state index is -4.50. The van der Waals surface area contributed by atoms with Crippen LogP contribution in [0.2, 0.25) is 0 Å². The minimum Gasteiger partial charge on any atom is -0.497 e. The fourth-order valence-corrected chi connectivity index (χ4v) is 8.17. The Morgan fingerprint density at radius 2 is 1.04 bits per heavy atom. The third kappa shape index (κ3) is 17.6. The quantitative estimate of drug-likeness (QED) is 0.0378. The van der Waals surface area contributed by atoms with Gasteiger partial charge in [0.05, 0.1) is 33.6 Å². The highest BCUT2D eigenvalue weighted by molar-refractivity contribution is 8.02. The molecule has 2 unspecified atom stereocenters. The molecule has 0 aliphatic rings. The Morgan fingerprint density at radius 3 is 1.47 bits per heavy atom. The summed E-state index contributed by atoms with van der Waals surface area (Å²) in [6, 6.07) is 29.1. The maximum Gasteiger partial charge on any atom is 0.540 e. The van der Waals surface area contributed by atoms with Gasteiger partial charge in [0.25, 0.3) is 0 Å². The van der Waals surface area contributed by atoms with Crippen molar-refractivity contribution < 1.29 is 47.2 Å².